The summed E-state index contributed by atoms with van der Waals surface area (Å²) in [5.74, 6) is -1.25. The van der Waals surface area contributed by atoms with Crippen LogP contribution in [0.1, 0.15) is 27.3 Å². The molecular weight excluding hydrogens is 401 g/mol. The maximum absolute atomic E-state index is 13.3. The topological polar surface area (TPSA) is 108 Å². The molecule has 3 rings (SSSR count). The first-order valence-corrected chi connectivity index (χ1v) is 9.00. The molecule has 30 heavy (non-hydrogen) atoms. The number of piperazine rings is 1. The number of amides is 2. The minimum atomic E-state index is -4.70. The molecule has 2 amide bonds. The van der Waals surface area contributed by atoms with Crippen molar-refractivity contribution >= 4 is 17.5 Å². The van der Waals surface area contributed by atoms with E-state index in [4.69, 9.17) is 11.0 Å². The van der Waals surface area contributed by atoms with Crippen LogP contribution < -0.4 is 10.6 Å². The van der Waals surface area contributed by atoms with Crippen molar-refractivity contribution in [1.29, 1.82) is 5.26 Å². The molecule has 2 heterocycles. The highest BCUT2D eigenvalue weighted by Crippen LogP contribution is 2.35. The number of nitrogens with two attached hydrogens (primary N) is 1. The van der Waals surface area contributed by atoms with E-state index in [1.807, 2.05) is 0 Å². The number of nitriles is 1. The van der Waals surface area contributed by atoms with Crippen LogP contribution in [0, 0.1) is 18.3 Å². The molecule has 8 nitrogen and oxygen atoms in total. The van der Waals surface area contributed by atoms with Gasteiger partial charge in [0.2, 0.25) is 5.91 Å². The van der Waals surface area contributed by atoms with E-state index in [-0.39, 0.29) is 31.0 Å². The van der Waals surface area contributed by atoms with Gasteiger partial charge in [0.15, 0.2) is 5.69 Å². The number of hydrogen-bond acceptors (Lipinski definition) is 5. The van der Waals surface area contributed by atoms with Crippen LogP contribution in [0.5, 0.6) is 0 Å². The zero-order valence-corrected chi connectivity index (χ0v) is 16.3. The monoisotopic (exact) mass is 420 g/mol. The molecule has 0 radical (unpaired) electrons. The molecule has 1 saturated heterocycles. The Kier molecular flexibility index (Phi) is 5.43. The average molecular weight is 420 g/mol. The van der Waals surface area contributed by atoms with Gasteiger partial charge in [-0.1, -0.05) is 0 Å². The molecule has 1 unspecified atom stereocenters. The van der Waals surface area contributed by atoms with Crippen molar-refractivity contribution in [2.45, 2.75) is 19.1 Å². The first-order valence-electron chi connectivity index (χ1n) is 9.00. The van der Waals surface area contributed by atoms with Crippen LogP contribution in [0.25, 0.3) is 0 Å². The highest BCUT2D eigenvalue weighted by atomic mass is 19.4. The second kappa shape index (κ2) is 7.70. The molecule has 1 aliphatic heterocycles. The quantitative estimate of drug-likeness (QED) is 0.808. The summed E-state index contributed by atoms with van der Waals surface area (Å²) in [4.78, 5) is 27.7. The molecule has 11 heteroatoms. The smallest absolute Gasteiger partial charge is 0.368 e. The van der Waals surface area contributed by atoms with Crippen LogP contribution >= 0.6 is 0 Å². The standard InChI is InChI=1S/C19H19F3N6O2/c1-11-7-15(25-26(11)2)18(30)28-6-5-27(10-16(28)17(24)29)13-4-3-12(9-23)14(8-13)19(20,21)22/h3-4,7-8,16H,5-6,10H2,1-2H3,(H2,24,29). The van der Waals surface area contributed by atoms with Crippen LogP contribution in [-0.4, -0.2) is 52.2 Å². The van der Waals surface area contributed by atoms with Crippen molar-refractivity contribution in [3.05, 3.63) is 46.8 Å². The number of primary amides is 1. The molecule has 2 N–H and O–H groups in total. The molecule has 1 aromatic heterocycles. The molecule has 0 saturated carbocycles. The van der Waals surface area contributed by atoms with Crippen molar-refractivity contribution in [2.75, 3.05) is 24.5 Å². The lowest BCUT2D eigenvalue weighted by molar-refractivity contribution is -0.137. The summed E-state index contributed by atoms with van der Waals surface area (Å²) in [7, 11) is 1.68. The normalized spacial score (nSPS) is 17.0. The Morgan fingerprint density at radius 1 is 1.27 bits per heavy atom. The van der Waals surface area contributed by atoms with Gasteiger partial charge in [0.1, 0.15) is 6.04 Å². The predicted molar refractivity (Wildman–Crippen MR) is 100 cm³/mol. The van der Waals surface area contributed by atoms with E-state index in [2.05, 4.69) is 5.10 Å². The van der Waals surface area contributed by atoms with Gasteiger partial charge < -0.3 is 15.5 Å². The lowest BCUT2D eigenvalue weighted by Crippen LogP contribution is -2.60. The molecule has 0 spiro atoms. The number of alkyl halides is 3. The van der Waals surface area contributed by atoms with Gasteiger partial charge in [0, 0.05) is 38.1 Å². The lowest BCUT2D eigenvalue weighted by Gasteiger charge is -2.40. The number of anilines is 1. The van der Waals surface area contributed by atoms with Crippen molar-refractivity contribution in [3.8, 4) is 6.07 Å². The summed E-state index contributed by atoms with van der Waals surface area (Å²) >= 11 is 0. The maximum atomic E-state index is 13.3. The zero-order chi connectivity index (χ0) is 22.2. The highest BCUT2D eigenvalue weighted by Gasteiger charge is 2.38. The second-order valence-corrected chi connectivity index (χ2v) is 7.00. The molecular formula is C19H19F3N6O2. The molecule has 0 aliphatic carbocycles. The third-order valence-electron chi connectivity index (χ3n) is 5.10. The number of rotatable bonds is 3. The van der Waals surface area contributed by atoms with E-state index in [0.29, 0.717) is 0 Å². The van der Waals surface area contributed by atoms with Gasteiger partial charge in [-0.2, -0.15) is 23.5 Å². The largest absolute Gasteiger partial charge is 0.417 e. The Morgan fingerprint density at radius 3 is 2.50 bits per heavy atom. The van der Waals surface area contributed by atoms with Gasteiger partial charge in [-0.3, -0.25) is 14.3 Å². The van der Waals surface area contributed by atoms with Gasteiger partial charge >= 0.3 is 6.18 Å². The maximum Gasteiger partial charge on any atom is 0.417 e. The Hall–Kier alpha value is -3.55. The van der Waals surface area contributed by atoms with Crippen LogP contribution in [0.3, 0.4) is 0 Å². The predicted octanol–water partition coefficient (Wildman–Crippen LogP) is 1.44. The number of carbonyl (C=O) groups excluding carboxylic acids is 2. The minimum Gasteiger partial charge on any atom is -0.368 e. The number of aromatic nitrogens is 2. The van der Waals surface area contributed by atoms with Gasteiger partial charge in [0.05, 0.1) is 17.2 Å². The van der Waals surface area contributed by atoms with Gasteiger partial charge in [-0.05, 0) is 31.2 Å². The van der Waals surface area contributed by atoms with E-state index in [0.717, 1.165) is 17.8 Å². The Labute approximate surface area is 170 Å². The van der Waals surface area contributed by atoms with Crippen LogP contribution in [-0.2, 0) is 18.0 Å². The third-order valence-corrected chi connectivity index (χ3v) is 5.10. The van der Waals surface area contributed by atoms with Crippen molar-refractivity contribution in [1.82, 2.24) is 14.7 Å². The summed E-state index contributed by atoms with van der Waals surface area (Å²) in [6, 6.07) is 5.42. The summed E-state index contributed by atoms with van der Waals surface area (Å²) in [5, 5.41) is 13.1. The SMILES string of the molecule is Cc1cc(C(=O)N2CCN(c3ccc(C#N)c(C(F)(F)F)c3)CC2C(N)=O)nn1C. The first-order chi connectivity index (χ1) is 14.0. The first kappa shape index (κ1) is 21.2. The van der Waals surface area contributed by atoms with E-state index in [1.165, 1.54) is 21.7 Å². The number of nitrogens with zero attached hydrogens (tertiary/aromatic N) is 5. The number of benzene rings is 1. The zero-order valence-electron chi connectivity index (χ0n) is 16.3. The van der Waals surface area contributed by atoms with E-state index in [9.17, 15) is 22.8 Å². The van der Waals surface area contributed by atoms with Gasteiger partial charge in [0.25, 0.3) is 5.91 Å². The highest BCUT2D eigenvalue weighted by molar-refractivity contribution is 5.96. The van der Waals surface area contributed by atoms with Crippen LogP contribution in [0.2, 0.25) is 0 Å². The number of aryl methyl sites for hydroxylation is 2. The van der Waals surface area contributed by atoms with Crippen molar-refractivity contribution in [2.24, 2.45) is 12.8 Å². The molecule has 158 valence electrons. The Bertz CT molecular complexity index is 1020. The summed E-state index contributed by atoms with van der Waals surface area (Å²) < 4.78 is 41.3. The summed E-state index contributed by atoms with van der Waals surface area (Å²) in [6.45, 7) is 1.96. The third kappa shape index (κ3) is 3.94. The van der Waals surface area contributed by atoms with E-state index < -0.39 is 35.2 Å². The van der Waals surface area contributed by atoms with E-state index >= 15 is 0 Å². The Morgan fingerprint density at radius 2 is 1.97 bits per heavy atom. The van der Waals surface area contributed by atoms with Crippen molar-refractivity contribution in [3.63, 3.8) is 0 Å². The number of halogens is 3. The number of hydrogen-bond donors (Lipinski definition) is 1. The molecule has 1 atom stereocenters. The summed E-state index contributed by atoms with van der Waals surface area (Å²) in [6.07, 6.45) is -4.70. The second-order valence-electron chi connectivity index (χ2n) is 7.00. The molecule has 1 aromatic carbocycles. The van der Waals surface area contributed by atoms with Gasteiger partial charge in [-0.25, -0.2) is 0 Å². The van der Waals surface area contributed by atoms with Crippen LogP contribution in [0.15, 0.2) is 24.3 Å². The fourth-order valence-electron chi connectivity index (χ4n) is 3.38. The van der Waals surface area contributed by atoms with Crippen molar-refractivity contribution < 1.29 is 22.8 Å². The molecule has 1 aliphatic rings. The molecule has 2 aromatic rings. The minimum absolute atomic E-state index is 0.0728. The number of carbonyl (C=O) groups is 2. The van der Waals surface area contributed by atoms with E-state index in [1.54, 1.807) is 24.9 Å². The average Bonchev–Trinajstić information content (AvgIpc) is 3.04. The summed E-state index contributed by atoms with van der Waals surface area (Å²) in [5.41, 5.74) is 5.04. The fourth-order valence-corrected chi connectivity index (χ4v) is 3.38. The fraction of sp³-hybridized carbons (Fsp3) is 0.368. The molecule has 1 fully saturated rings. The van der Waals surface area contributed by atoms with Gasteiger partial charge in [-0.15, -0.1) is 0 Å². The van der Waals surface area contributed by atoms with Crippen LogP contribution in [0.4, 0.5) is 18.9 Å². The Balaban J connectivity index is 1.88. The molecule has 0 bridgehead atoms. The lowest BCUT2D eigenvalue weighted by atomic mass is 10.0.